The fourth-order valence-corrected chi connectivity index (χ4v) is 2.68. The SMILES string of the molecule is CC(C)(C)OC(=O)N1CCC[C@H]1COc1cccs1. The molecule has 2 heterocycles. The predicted octanol–water partition coefficient (Wildman–Crippen LogP) is 3.53. The van der Waals surface area contributed by atoms with Crippen LogP contribution in [0.2, 0.25) is 0 Å². The molecule has 0 aliphatic carbocycles. The highest BCUT2D eigenvalue weighted by atomic mass is 32.1. The number of ether oxygens (including phenoxy) is 2. The van der Waals surface area contributed by atoms with Crippen molar-refractivity contribution >= 4 is 17.4 Å². The molecule has 0 saturated carbocycles. The van der Waals surface area contributed by atoms with Crippen molar-refractivity contribution in [2.75, 3.05) is 13.2 Å². The number of likely N-dealkylation sites (tertiary alicyclic amines) is 1. The van der Waals surface area contributed by atoms with Crippen LogP contribution in [0, 0.1) is 0 Å². The quantitative estimate of drug-likeness (QED) is 0.852. The highest BCUT2D eigenvalue weighted by molar-refractivity contribution is 7.11. The predicted molar refractivity (Wildman–Crippen MR) is 75.8 cm³/mol. The summed E-state index contributed by atoms with van der Waals surface area (Å²) in [5, 5.41) is 2.88. The van der Waals surface area contributed by atoms with Gasteiger partial charge in [0.1, 0.15) is 12.2 Å². The molecule has 1 aromatic rings. The molecule has 0 N–H and O–H groups in total. The molecular weight excluding hydrogens is 262 g/mol. The molecule has 1 fully saturated rings. The monoisotopic (exact) mass is 283 g/mol. The van der Waals surface area contributed by atoms with Crippen LogP contribution in [-0.2, 0) is 4.74 Å². The topological polar surface area (TPSA) is 38.8 Å². The maximum atomic E-state index is 12.1. The Kier molecular flexibility index (Phi) is 4.34. The molecule has 5 heteroatoms. The second-order valence-electron chi connectivity index (χ2n) is 5.71. The lowest BCUT2D eigenvalue weighted by molar-refractivity contribution is 0.0189. The summed E-state index contributed by atoms with van der Waals surface area (Å²) in [6.45, 7) is 6.96. The molecule has 1 aliphatic heterocycles. The zero-order chi connectivity index (χ0) is 13.9. The maximum absolute atomic E-state index is 12.1. The lowest BCUT2D eigenvalue weighted by Crippen LogP contribution is -2.42. The van der Waals surface area contributed by atoms with Gasteiger partial charge in [0.05, 0.1) is 6.04 Å². The summed E-state index contributed by atoms with van der Waals surface area (Å²) in [7, 11) is 0. The molecule has 0 unspecified atom stereocenters. The van der Waals surface area contributed by atoms with Crippen LogP contribution < -0.4 is 4.74 Å². The van der Waals surface area contributed by atoms with Gasteiger partial charge in [-0.05, 0) is 51.1 Å². The van der Waals surface area contributed by atoms with Crippen molar-refractivity contribution in [1.29, 1.82) is 0 Å². The van der Waals surface area contributed by atoms with Crippen LogP contribution in [0.25, 0.3) is 0 Å². The zero-order valence-corrected chi connectivity index (χ0v) is 12.5. The molecule has 106 valence electrons. The summed E-state index contributed by atoms with van der Waals surface area (Å²) in [6, 6.07) is 4.02. The Bertz CT molecular complexity index is 411. The van der Waals surface area contributed by atoms with E-state index in [0.717, 1.165) is 24.4 Å². The molecule has 0 aromatic carbocycles. The zero-order valence-electron chi connectivity index (χ0n) is 11.7. The minimum absolute atomic E-state index is 0.122. The van der Waals surface area contributed by atoms with E-state index in [2.05, 4.69) is 0 Å². The number of hydrogen-bond donors (Lipinski definition) is 0. The van der Waals surface area contributed by atoms with E-state index < -0.39 is 5.60 Å². The first kappa shape index (κ1) is 14.2. The molecule has 0 spiro atoms. The fourth-order valence-electron chi connectivity index (χ4n) is 2.09. The Labute approximate surface area is 118 Å². The first-order valence-electron chi connectivity index (χ1n) is 6.61. The van der Waals surface area contributed by atoms with E-state index in [1.54, 1.807) is 16.2 Å². The number of carbonyl (C=O) groups excluding carboxylic acids is 1. The van der Waals surface area contributed by atoms with Crippen LogP contribution in [-0.4, -0.2) is 35.8 Å². The first-order chi connectivity index (χ1) is 8.96. The maximum Gasteiger partial charge on any atom is 0.410 e. The summed E-state index contributed by atoms with van der Waals surface area (Å²) in [5.74, 6) is 0. The normalized spacial score (nSPS) is 19.5. The average molecular weight is 283 g/mol. The summed E-state index contributed by atoms with van der Waals surface area (Å²) in [5.41, 5.74) is -0.446. The minimum atomic E-state index is -0.446. The molecule has 1 atom stereocenters. The van der Waals surface area contributed by atoms with Crippen LogP contribution in [0.15, 0.2) is 17.5 Å². The molecule has 1 saturated heterocycles. The van der Waals surface area contributed by atoms with Crippen molar-refractivity contribution in [2.24, 2.45) is 0 Å². The summed E-state index contributed by atoms with van der Waals surface area (Å²) in [4.78, 5) is 13.9. The lowest BCUT2D eigenvalue weighted by Gasteiger charge is -2.28. The van der Waals surface area contributed by atoms with Crippen molar-refractivity contribution in [3.8, 4) is 5.06 Å². The number of amides is 1. The Morgan fingerprint density at radius 2 is 2.32 bits per heavy atom. The minimum Gasteiger partial charge on any atom is -0.482 e. The molecule has 19 heavy (non-hydrogen) atoms. The van der Waals surface area contributed by atoms with E-state index in [1.165, 1.54) is 0 Å². The van der Waals surface area contributed by atoms with Gasteiger partial charge in [0.15, 0.2) is 5.06 Å². The fraction of sp³-hybridized carbons (Fsp3) is 0.643. The molecule has 4 nitrogen and oxygen atoms in total. The smallest absolute Gasteiger partial charge is 0.410 e. The Morgan fingerprint density at radius 1 is 1.53 bits per heavy atom. The van der Waals surface area contributed by atoms with Gasteiger partial charge in [0.2, 0.25) is 0 Å². The number of carbonyl (C=O) groups is 1. The first-order valence-corrected chi connectivity index (χ1v) is 7.49. The molecule has 1 aliphatic rings. The van der Waals surface area contributed by atoms with Crippen LogP contribution >= 0.6 is 11.3 Å². The highest BCUT2D eigenvalue weighted by Gasteiger charge is 2.32. The van der Waals surface area contributed by atoms with Gasteiger partial charge in [-0.2, -0.15) is 0 Å². The van der Waals surface area contributed by atoms with Crippen LogP contribution in [0.3, 0.4) is 0 Å². The molecule has 0 radical (unpaired) electrons. The third-order valence-corrected chi connectivity index (χ3v) is 3.70. The van der Waals surface area contributed by atoms with E-state index in [0.29, 0.717) is 6.61 Å². The third kappa shape index (κ3) is 4.13. The van der Waals surface area contributed by atoms with Gasteiger partial charge in [-0.25, -0.2) is 4.79 Å². The van der Waals surface area contributed by atoms with Crippen molar-refractivity contribution in [1.82, 2.24) is 4.90 Å². The number of rotatable bonds is 3. The molecule has 1 amide bonds. The summed E-state index contributed by atoms with van der Waals surface area (Å²) < 4.78 is 11.1. The van der Waals surface area contributed by atoms with E-state index >= 15 is 0 Å². The Hall–Kier alpha value is -1.23. The van der Waals surface area contributed by atoms with Crippen molar-refractivity contribution in [3.63, 3.8) is 0 Å². The second-order valence-corrected chi connectivity index (χ2v) is 6.62. The van der Waals surface area contributed by atoms with Gasteiger partial charge < -0.3 is 14.4 Å². The van der Waals surface area contributed by atoms with Crippen molar-refractivity contribution in [3.05, 3.63) is 17.5 Å². The van der Waals surface area contributed by atoms with E-state index in [1.807, 2.05) is 38.3 Å². The molecule has 2 rings (SSSR count). The van der Waals surface area contributed by atoms with E-state index in [-0.39, 0.29) is 12.1 Å². The summed E-state index contributed by atoms with van der Waals surface area (Å²) in [6.07, 6.45) is 1.76. The number of nitrogens with zero attached hydrogens (tertiary/aromatic N) is 1. The highest BCUT2D eigenvalue weighted by Crippen LogP contribution is 2.23. The average Bonchev–Trinajstić information content (AvgIpc) is 2.95. The van der Waals surface area contributed by atoms with E-state index in [9.17, 15) is 4.79 Å². The number of thiophene rings is 1. The Balaban J connectivity index is 1.87. The van der Waals surface area contributed by atoms with Gasteiger partial charge >= 0.3 is 6.09 Å². The molecular formula is C14H21NO3S. The Morgan fingerprint density at radius 3 is 2.95 bits per heavy atom. The van der Waals surface area contributed by atoms with Gasteiger partial charge in [0, 0.05) is 6.54 Å². The standard InChI is InChI=1S/C14H21NO3S/c1-14(2,3)18-13(16)15-8-4-6-11(15)10-17-12-7-5-9-19-12/h5,7,9,11H,4,6,8,10H2,1-3H3/t11-/m0/s1. The van der Waals surface area contributed by atoms with Crippen LogP contribution in [0.1, 0.15) is 33.6 Å². The van der Waals surface area contributed by atoms with Crippen molar-refractivity contribution in [2.45, 2.75) is 45.3 Å². The van der Waals surface area contributed by atoms with E-state index in [4.69, 9.17) is 9.47 Å². The van der Waals surface area contributed by atoms with Crippen LogP contribution in [0.5, 0.6) is 5.06 Å². The van der Waals surface area contributed by atoms with Gasteiger partial charge in [-0.1, -0.05) is 0 Å². The van der Waals surface area contributed by atoms with Gasteiger partial charge in [-0.3, -0.25) is 0 Å². The molecule has 1 aromatic heterocycles. The van der Waals surface area contributed by atoms with Gasteiger partial charge in [-0.15, -0.1) is 11.3 Å². The van der Waals surface area contributed by atoms with Gasteiger partial charge in [0.25, 0.3) is 0 Å². The molecule has 0 bridgehead atoms. The second kappa shape index (κ2) is 5.82. The lowest BCUT2D eigenvalue weighted by atomic mass is 10.2. The summed E-state index contributed by atoms with van der Waals surface area (Å²) >= 11 is 1.57. The number of hydrogen-bond acceptors (Lipinski definition) is 4. The largest absolute Gasteiger partial charge is 0.482 e. The van der Waals surface area contributed by atoms with Crippen LogP contribution in [0.4, 0.5) is 4.79 Å². The van der Waals surface area contributed by atoms with Crippen molar-refractivity contribution < 1.29 is 14.3 Å². The third-order valence-electron chi connectivity index (χ3n) is 2.92.